The Morgan fingerprint density at radius 3 is 2.82 bits per heavy atom. The number of carbonyl (C=O) groups is 1. The van der Waals surface area contributed by atoms with Crippen molar-refractivity contribution in [2.75, 3.05) is 13.6 Å². The van der Waals surface area contributed by atoms with E-state index in [4.69, 9.17) is 11.6 Å². The Morgan fingerprint density at radius 1 is 1.50 bits per heavy atom. The largest absolute Gasteiger partial charge is 0.389 e. The minimum absolute atomic E-state index is 0.0416. The summed E-state index contributed by atoms with van der Waals surface area (Å²) < 4.78 is 15.1. The molecule has 1 aromatic heterocycles. The SMILES string of the molecule is CN(CC(C)(C)O)C(=O)c1cn(-c2cccc(Cl)c2F)nn1. The first-order valence-corrected chi connectivity index (χ1v) is 6.91. The number of halogens is 2. The second-order valence-electron chi connectivity index (χ2n) is 5.59. The Bertz CT molecular complexity index is 696. The highest BCUT2D eigenvalue weighted by atomic mass is 35.5. The number of nitrogens with zero attached hydrogens (tertiary/aromatic N) is 4. The van der Waals surface area contributed by atoms with Gasteiger partial charge in [-0.05, 0) is 26.0 Å². The van der Waals surface area contributed by atoms with Crippen LogP contribution in [0.1, 0.15) is 24.3 Å². The van der Waals surface area contributed by atoms with Gasteiger partial charge in [-0.1, -0.05) is 22.9 Å². The third kappa shape index (κ3) is 3.61. The molecule has 0 bridgehead atoms. The molecule has 0 unspecified atom stereocenters. The van der Waals surface area contributed by atoms with Crippen LogP contribution in [0, 0.1) is 5.82 Å². The number of aromatic nitrogens is 3. The number of aliphatic hydroxyl groups is 1. The molecule has 0 aliphatic rings. The van der Waals surface area contributed by atoms with E-state index in [1.807, 2.05) is 0 Å². The van der Waals surface area contributed by atoms with Gasteiger partial charge in [0.2, 0.25) is 0 Å². The fourth-order valence-electron chi connectivity index (χ4n) is 2.00. The fraction of sp³-hybridized carbons (Fsp3) is 0.357. The summed E-state index contributed by atoms with van der Waals surface area (Å²) in [5.74, 6) is -1.06. The van der Waals surface area contributed by atoms with Crippen LogP contribution >= 0.6 is 11.6 Å². The normalized spacial score (nSPS) is 11.5. The lowest BCUT2D eigenvalue weighted by Crippen LogP contribution is -2.39. The Kier molecular flexibility index (Phi) is 4.48. The van der Waals surface area contributed by atoms with Crippen molar-refractivity contribution in [2.45, 2.75) is 19.4 Å². The van der Waals surface area contributed by atoms with Crippen molar-refractivity contribution in [3.05, 3.63) is 40.9 Å². The maximum absolute atomic E-state index is 13.9. The zero-order valence-electron chi connectivity index (χ0n) is 12.4. The van der Waals surface area contributed by atoms with Gasteiger partial charge in [0.05, 0.1) is 16.8 Å². The maximum Gasteiger partial charge on any atom is 0.275 e. The summed E-state index contributed by atoms with van der Waals surface area (Å²) in [6.45, 7) is 3.31. The van der Waals surface area contributed by atoms with Gasteiger partial charge in [-0.2, -0.15) is 0 Å². The second kappa shape index (κ2) is 6.02. The summed E-state index contributed by atoms with van der Waals surface area (Å²) in [5.41, 5.74) is -0.880. The van der Waals surface area contributed by atoms with Crippen LogP contribution in [0.3, 0.4) is 0 Å². The summed E-state index contributed by atoms with van der Waals surface area (Å²) >= 11 is 5.72. The first-order valence-electron chi connectivity index (χ1n) is 6.53. The van der Waals surface area contributed by atoms with Crippen LogP contribution in [-0.2, 0) is 0 Å². The first kappa shape index (κ1) is 16.4. The lowest BCUT2D eigenvalue weighted by atomic mass is 10.1. The van der Waals surface area contributed by atoms with Crippen molar-refractivity contribution in [1.29, 1.82) is 0 Å². The van der Waals surface area contributed by atoms with E-state index in [1.54, 1.807) is 27.0 Å². The van der Waals surface area contributed by atoms with Crippen LogP contribution in [0.25, 0.3) is 5.69 Å². The molecule has 2 rings (SSSR count). The van der Waals surface area contributed by atoms with Crippen LogP contribution in [0.4, 0.5) is 4.39 Å². The van der Waals surface area contributed by atoms with Gasteiger partial charge in [0, 0.05) is 13.6 Å². The summed E-state index contributed by atoms with van der Waals surface area (Å²) in [4.78, 5) is 13.5. The Morgan fingerprint density at radius 2 is 2.18 bits per heavy atom. The molecule has 0 aliphatic heterocycles. The van der Waals surface area contributed by atoms with E-state index in [-0.39, 0.29) is 22.9 Å². The van der Waals surface area contributed by atoms with Crippen LogP contribution in [-0.4, -0.2) is 50.1 Å². The molecule has 0 spiro atoms. The molecule has 1 amide bonds. The lowest BCUT2D eigenvalue weighted by molar-refractivity contribution is 0.0365. The first-order chi connectivity index (χ1) is 10.2. The van der Waals surface area contributed by atoms with Gasteiger partial charge in [0.1, 0.15) is 5.69 Å². The van der Waals surface area contributed by atoms with Gasteiger partial charge in [-0.15, -0.1) is 5.10 Å². The Labute approximate surface area is 132 Å². The molecule has 0 radical (unpaired) electrons. The highest BCUT2D eigenvalue weighted by Crippen LogP contribution is 2.20. The monoisotopic (exact) mass is 326 g/mol. The predicted molar refractivity (Wildman–Crippen MR) is 79.6 cm³/mol. The minimum Gasteiger partial charge on any atom is -0.389 e. The van der Waals surface area contributed by atoms with E-state index in [9.17, 15) is 14.3 Å². The summed E-state index contributed by atoms with van der Waals surface area (Å²) in [6, 6.07) is 4.47. The molecule has 118 valence electrons. The zero-order valence-corrected chi connectivity index (χ0v) is 13.2. The zero-order chi connectivity index (χ0) is 16.5. The molecule has 2 aromatic rings. The number of carbonyl (C=O) groups excluding carboxylic acids is 1. The summed E-state index contributed by atoms with van der Waals surface area (Å²) in [7, 11) is 1.54. The Hall–Kier alpha value is -1.99. The smallest absolute Gasteiger partial charge is 0.275 e. The van der Waals surface area contributed by atoms with Gasteiger partial charge in [0.25, 0.3) is 5.91 Å². The molecule has 0 aliphatic carbocycles. The van der Waals surface area contributed by atoms with Crippen molar-refractivity contribution < 1.29 is 14.3 Å². The molecular weight excluding hydrogens is 311 g/mol. The fourth-order valence-corrected chi connectivity index (χ4v) is 2.17. The topological polar surface area (TPSA) is 71.2 Å². The summed E-state index contributed by atoms with van der Waals surface area (Å²) in [6.07, 6.45) is 1.32. The van der Waals surface area contributed by atoms with Crippen molar-refractivity contribution in [3.8, 4) is 5.69 Å². The number of hydrogen-bond acceptors (Lipinski definition) is 4. The van der Waals surface area contributed by atoms with Crippen LogP contribution < -0.4 is 0 Å². The number of rotatable bonds is 4. The number of amides is 1. The van der Waals surface area contributed by atoms with Crippen molar-refractivity contribution in [1.82, 2.24) is 19.9 Å². The molecule has 0 atom stereocenters. The lowest BCUT2D eigenvalue weighted by Gasteiger charge is -2.24. The van der Waals surface area contributed by atoms with Crippen LogP contribution in [0.2, 0.25) is 5.02 Å². The number of likely N-dealkylation sites (N-methyl/N-ethyl adjacent to an activating group) is 1. The average Bonchev–Trinajstić information content (AvgIpc) is 2.88. The van der Waals surface area contributed by atoms with Gasteiger partial charge < -0.3 is 10.0 Å². The minimum atomic E-state index is -1.03. The molecule has 1 heterocycles. The Balaban J connectivity index is 2.25. The van der Waals surface area contributed by atoms with E-state index in [0.29, 0.717) is 0 Å². The molecule has 0 saturated heterocycles. The standard InChI is InChI=1S/C14H16ClFN4O2/c1-14(2,22)8-19(3)13(21)10-7-20(18-17-10)11-6-4-5-9(15)12(11)16/h4-7,22H,8H2,1-3H3. The second-order valence-corrected chi connectivity index (χ2v) is 6.00. The number of benzene rings is 1. The molecule has 8 heteroatoms. The maximum atomic E-state index is 13.9. The van der Waals surface area contributed by atoms with E-state index in [2.05, 4.69) is 10.3 Å². The predicted octanol–water partition coefficient (Wildman–Crippen LogP) is 1.90. The van der Waals surface area contributed by atoms with Crippen molar-refractivity contribution in [2.24, 2.45) is 0 Å². The third-order valence-electron chi connectivity index (χ3n) is 2.86. The molecule has 0 fully saturated rings. The highest BCUT2D eigenvalue weighted by Gasteiger charge is 2.23. The van der Waals surface area contributed by atoms with E-state index < -0.39 is 17.3 Å². The molecule has 22 heavy (non-hydrogen) atoms. The van der Waals surface area contributed by atoms with Gasteiger partial charge >= 0.3 is 0 Å². The van der Waals surface area contributed by atoms with Gasteiger partial charge in [-0.25, -0.2) is 9.07 Å². The van der Waals surface area contributed by atoms with Crippen LogP contribution in [0.15, 0.2) is 24.4 Å². The highest BCUT2D eigenvalue weighted by molar-refractivity contribution is 6.30. The molecule has 1 aromatic carbocycles. The van der Waals surface area contributed by atoms with Crippen LogP contribution in [0.5, 0.6) is 0 Å². The van der Waals surface area contributed by atoms with E-state index in [0.717, 1.165) is 4.68 Å². The van der Waals surface area contributed by atoms with Crippen molar-refractivity contribution in [3.63, 3.8) is 0 Å². The molecular formula is C14H16ClFN4O2. The third-order valence-corrected chi connectivity index (χ3v) is 3.15. The molecule has 1 N–H and O–H groups in total. The number of hydrogen-bond donors (Lipinski definition) is 1. The molecule has 0 saturated carbocycles. The van der Waals surface area contributed by atoms with Gasteiger partial charge in [-0.3, -0.25) is 4.79 Å². The van der Waals surface area contributed by atoms with Gasteiger partial charge in [0.15, 0.2) is 11.5 Å². The van der Waals surface area contributed by atoms with Crippen molar-refractivity contribution >= 4 is 17.5 Å². The van der Waals surface area contributed by atoms with E-state index >= 15 is 0 Å². The quantitative estimate of drug-likeness (QED) is 0.931. The summed E-state index contributed by atoms with van der Waals surface area (Å²) in [5, 5.41) is 17.2. The molecule has 6 nitrogen and oxygen atoms in total. The van der Waals surface area contributed by atoms with E-state index in [1.165, 1.54) is 23.2 Å². The average molecular weight is 327 g/mol.